The van der Waals surface area contributed by atoms with Gasteiger partial charge in [0, 0.05) is 36.2 Å². The minimum absolute atomic E-state index is 0.0206. The number of aromatic amines is 1. The Morgan fingerprint density at radius 3 is 2.61 bits per heavy atom. The number of hydrogen-bond donors (Lipinski definition) is 1. The van der Waals surface area contributed by atoms with Gasteiger partial charge in [0.1, 0.15) is 5.69 Å². The third kappa shape index (κ3) is 4.06. The lowest BCUT2D eigenvalue weighted by molar-refractivity contribution is 0.0761. The Labute approximate surface area is 171 Å². The number of H-pyrrole nitrogens is 1. The Morgan fingerprint density at radius 2 is 1.86 bits per heavy atom. The van der Waals surface area contributed by atoms with E-state index >= 15 is 0 Å². The molecule has 28 heavy (non-hydrogen) atoms. The van der Waals surface area contributed by atoms with Crippen LogP contribution in [0.2, 0.25) is 0 Å². The number of aromatic nitrogens is 4. The van der Waals surface area contributed by atoms with Crippen molar-refractivity contribution in [2.75, 3.05) is 31.1 Å². The zero-order valence-electron chi connectivity index (χ0n) is 15.6. The van der Waals surface area contributed by atoms with Crippen LogP contribution in [-0.4, -0.2) is 57.4 Å². The molecule has 0 radical (unpaired) electrons. The van der Waals surface area contributed by atoms with Gasteiger partial charge in [-0.05, 0) is 43.7 Å². The van der Waals surface area contributed by atoms with Crippen LogP contribution in [-0.2, 0) is 0 Å². The maximum atomic E-state index is 12.9. The van der Waals surface area contributed by atoms with Crippen LogP contribution < -0.4 is 4.90 Å². The number of amides is 1. The molecule has 4 rings (SSSR count). The number of aryl methyl sites for hydroxylation is 1. The van der Waals surface area contributed by atoms with Gasteiger partial charge in [-0.1, -0.05) is 28.1 Å². The maximum Gasteiger partial charge on any atom is 0.271 e. The van der Waals surface area contributed by atoms with E-state index < -0.39 is 0 Å². The molecule has 3 aromatic rings. The Kier molecular flexibility index (Phi) is 5.38. The van der Waals surface area contributed by atoms with Gasteiger partial charge in [-0.3, -0.25) is 9.89 Å². The molecule has 0 bridgehead atoms. The number of rotatable bonds is 3. The first-order valence-electron chi connectivity index (χ1n) is 9.26. The fraction of sp³-hybridized carbons (Fsp3) is 0.300. The van der Waals surface area contributed by atoms with Crippen LogP contribution in [0.15, 0.2) is 46.9 Å². The van der Waals surface area contributed by atoms with Crippen molar-refractivity contribution in [1.82, 2.24) is 25.3 Å². The second kappa shape index (κ2) is 8.10. The van der Waals surface area contributed by atoms with E-state index in [1.54, 1.807) is 0 Å². The topological polar surface area (TPSA) is 78.0 Å². The summed E-state index contributed by atoms with van der Waals surface area (Å²) in [4.78, 5) is 17.0. The predicted octanol–water partition coefficient (Wildman–Crippen LogP) is 3.29. The number of benzene rings is 1. The molecule has 7 nitrogen and oxygen atoms in total. The lowest BCUT2D eigenvalue weighted by Crippen LogP contribution is -2.35. The number of anilines is 1. The highest BCUT2D eigenvalue weighted by Gasteiger charge is 2.22. The average Bonchev–Trinajstić information content (AvgIpc) is 3.07. The zero-order chi connectivity index (χ0) is 19.5. The first-order chi connectivity index (χ1) is 13.6. The van der Waals surface area contributed by atoms with E-state index in [0.717, 1.165) is 46.8 Å². The van der Waals surface area contributed by atoms with Crippen LogP contribution in [0.1, 0.15) is 22.6 Å². The lowest BCUT2D eigenvalue weighted by atomic mass is 10.1. The van der Waals surface area contributed by atoms with E-state index in [1.807, 2.05) is 54.3 Å². The van der Waals surface area contributed by atoms with Crippen molar-refractivity contribution in [3.8, 4) is 11.3 Å². The fourth-order valence-electron chi connectivity index (χ4n) is 3.28. The summed E-state index contributed by atoms with van der Waals surface area (Å²) in [6.45, 7) is 4.86. The molecule has 1 amide bonds. The van der Waals surface area contributed by atoms with Gasteiger partial charge in [0.25, 0.3) is 5.91 Å². The fourth-order valence-corrected chi connectivity index (χ4v) is 3.54. The van der Waals surface area contributed by atoms with Gasteiger partial charge in [-0.2, -0.15) is 10.2 Å². The average molecular weight is 441 g/mol. The molecule has 1 aromatic carbocycles. The number of carbonyl (C=O) groups excluding carboxylic acids is 1. The molecule has 3 heterocycles. The van der Waals surface area contributed by atoms with Gasteiger partial charge in [0.2, 0.25) is 0 Å². The second-order valence-electron chi connectivity index (χ2n) is 6.84. The highest BCUT2D eigenvalue weighted by Crippen LogP contribution is 2.21. The number of carbonyl (C=O) groups is 1. The van der Waals surface area contributed by atoms with Crippen molar-refractivity contribution < 1.29 is 4.79 Å². The van der Waals surface area contributed by atoms with Crippen molar-refractivity contribution in [2.45, 2.75) is 13.3 Å². The molecule has 0 atom stereocenters. The molecule has 0 aliphatic carbocycles. The summed E-state index contributed by atoms with van der Waals surface area (Å²) in [5.74, 6) is 0.840. The minimum Gasteiger partial charge on any atom is -0.353 e. The third-order valence-corrected chi connectivity index (χ3v) is 5.37. The number of hydrogen-bond acceptors (Lipinski definition) is 5. The Morgan fingerprint density at radius 1 is 1.04 bits per heavy atom. The monoisotopic (exact) mass is 440 g/mol. The van der Waals surface area contributed by atoms with Crippen molar-refractivity contribution in [1.29, 1.82) is 0 Å². The van der Waals surface area contributed by atoms with Crippen LogP contribution in [0, 0.1) is 6.92 Å². The van der Waals surface area contributed by atoms with E-state index in [2.05, 4.69) is 41.2 Å². The normalized spacial score (nSPS) is 14.8. The molecule has 0 spiro atoms. The highest BCUT2D eigenvalue weighted by molar-refractivity contribution is 9.10. The molecule has 1 saturated heterocycles. The largest absolute Gasteiger partial charge is 0.353 e. The molecule has 2 aromatic heterocycles. The molecule has 1 aliphatic rings. The van der Waals surface area contributed by atoms with Crippen LogP contribution in [0.5, 0.6) is 0 Å². The van der Waals surface area contributed by atoms with E-state index in [-0.39, 0.29) is 5.91 Å². The van der Waals surface area contributed by atoms with Crippen LogP contribution in [0.25, 0.3) is 11.3 Å². The Balaban J connectivity index is 1.44. The summed E-state index contributed by atoms with van der Waals surface area (Å²) in [5, 5.41) is 15.6. The van der Waals surface area contributed by atoms with Crippen molar-refractivity contribution >= 4 is 27.7 Å². The van der Waals surface area contributed by atoms with Crippen LogP contribution in [0.4, 0.5) is 5.82 Å². The third-order valence-electron chi connectivity index (χ3n) is 4.84. The molecular weight excluding hydrogens is 420 g/mol. The molecule has 1 aliphatic heterocycles. The van der Waals surface area contributed by atoms with Crippen molar-refractivity contribution in [3.05, 3.63) is 58.3 Å². The molecular formula is C20H21BrN6O. The Bertz CT molecular complexity index is 954. The lowest BCUT2D eigenvalue weighted by Gasteiger charge is -2.22. The smallest absolute Gasteiger partial charge is 0.271 e. The van der Waals surface area contributed by atoms with E-state index in [4.69, 9.17) is 0 Å². The zero-order valence-corrected chi connectivity index (χ0v) is 17.2. The molecule has 0 saturated carbocycles. The molecule has 1 fully saturated rings. The predicted molar refractivity (Wildman–Crippen MR) is 111 cm³/mol. The molecule has 0 unspecified atom stereocenters. The Hall–Kier alpha value is -2.74. The van der Waals surface area contributed by atoms with Crippen LogP contribution in [0.3, 0.4) is 0 Å². The molecule has 144 valence electrons. The quantitative estimate of drug-likeness (QED) is 0.675. The first-order valence-corrected chi connectivity index (χ1v) is 10.1. The summed E-state index contributed by atoms with van der Waals surface area (Å²) in [6, 6.07) is 13.6. The van der Waals surface area contributed by atoms with Gasteiger partial charge >= 0.3 is 0 Å². The summed E-state index contributed by atoms with van der Waals surface area (Å²) in [6.07, 6.45) is 0.884. The number of halogens is 1. The van der Waals surface area contributed by atoms with Crippen LogP contribution >= 0.6 is 15.9 Å². The second-order valence-corrected chi connectivity index (χ2v) is 7.76. The summed E-state index contributed by atoms with van der Waals surface area (Å²) >= 11 is 3.43. The van der Waals surface area contributed by atoms with Gasteiger partial charge in [0.05, 0.1) is 11.4 Å². The van der Waals surface area contributed by atoms with Crippen molar-refractivity contribution in [3.63, 3.8) is 0 Å². The van der Waals surface area contributed by atoms with Crippen molar-refractivity contribution in [2.24, 2.45) is 0 Å². The van der Waals surface area contributed by atoms with Gasteiger partial charge in [-0.25, -0.2) is 0 Å². The highest BCUT2D eigenvalue weighted by atomic mass is 79.9. The summed E-state index contributed by atoms with van der Waals surface area (Å²) in [7, 11) is 0. The molecule has 8 heteroatoms. The maximum absolute atomic E-state index is 12.9. The van der Waals surface area contributed by atoms with Gasteiger partial charge < -0.3 is 9.80 Å². The van der Waals surface area contributed by atoms with E-state index in [1.165, 1.54) is 0 Å². The SMILES string of the molecule is Cc1ccc(N2CCCN(C(=O)c3cc(-c4ccc(Br)cc4)n[nH]3)CC2)nn1. The van der Waals surface area contributed by atoms with Gasteiger partial charge in [0.15, 0.2) is 5.82 Å². The molecule has 1 N–H and O–H groups in total. The first kappa shape index (κ1) is 18.6. The number of nitrogens with zero attached hydrogens (tertiary/aromatic N) is 5. The van der Waals surface area contributed by atoms with Gasteiger partial charge in [-0.15, -0.1) is 5.10 Å². The van der Waals surface area contributed by atoms with E-state index in [9.17, 15) is 4.79 Å². The van der Waals surface area contributed by atoms with E-state index in [0.29, 0.717) is 18.8 Å². The summed E-state index contributed by atoms with van der Waals surface area (Å²) in [5.41, 5.74) is 3.15. The standard InChI is InChI=1S/C20H21BrN6O/c1-14-3-8-19(25-22-14)26-9-2-10-27(12-11-26)20(28)18-13-17(23-24-18)15-4-6-16(21)7-5-15/h3-8,13H,2,9-12H2,1H3,(H,23,24). The minimum atomic E-state index is -0.0206. The number of nitrogens with one attached hydrogen (secondary N) is 1. The summed E-state index contributed by atoms with van der Waals surface area (Å²) < 4.78 is 1.01.